The fourth-order valence-corrected chi connectivity index (χ4v) is 2.56. The SMILES string of the molecule is C#CCCC1(CC(=O)NCC2CCCCN2C)N=N1. The van der Waals surface area contributed by atoms with Crippen molar-refractivity contribution in [2.24, 2.45) is 10.2 Å². The van der Waals surface area contributed by atoms with E-state index in [2.05, 4.69) is 33.4 Å². The van der Waals surface area contributed by atoms with Crippen molar-refractivity contribution in [1.82, 2.24) is 10.2 Å². The summed E-state index contributed by atoms with van der Waals surface area (Å²) < 4.78 is 0. The second-order valence-corrected chi connectivity index (χ2v) is 5.50. The molecule has 104 valence electrons. The van der Waals surface area contributed by atoms with Crippen molar-refractivity contribution < 1.29 is 4.79 Å². The van der Waals surface area contributed by atoms with E-state index in [1.54, 1.807) is 0 Å². The molecule has 0 aromatic heterocycles. The van der Waals surface area contributed by atoms with E-state index in [0.717, 1.165) is 19.5 Å². The zero-order valence-electron chi connectivity index (χ0n) is 11.6. The van der Waals surface area contributed by atoms with Gasteiger partial charge in [-0.25, -0.2) is 0 Å². The molecule has 1 fully saturated rings. The van der Waals surface area contributed by atoms with Gasteiger partial charge in [0.25, 0.3) is 0 Å². The van der Waals surface area contributed by atoms with Crippen molar-refractivity contribution in [3.05, 3.63) is 0 Å². The Kier molecular flexibility index (Phi) is 4.54. The monoisotopic (exact) mass is 262 g/mol. The Morgan fingerprint density at radius 3 is 2.95 bits per heavy atom. The first-order chi connectivity index (χ1) is 9.15. The first-order valence-corrected chi connectivity index (χ1v) is 7.00. The number of carbonyl (C=O) groups excluding carboxylic acids is 1. The Hall–Kier alpha value is -1.41. The number of likely N-dealkylation sites (tertiary alicyclic amines) is 1. The van der Waals surface area contributed by atoms with E-state index in [1.165, 1.54) is 12.8 Å². The second-order valence-electron chi connectivity index (χ2n) is 5.50. The van der Waals surface area contributed by atoms with Gasteiger partial charge in [-0.15, -0.1) is 12.3 Å². The van der Waals surface area contributed by atoms with E-state index in [0.29, 0.717) is 25.3 Å². The summed E-state index contributed by atoms with van der Waals surface area (Å²) in [5.74, 6) is 2.60. The normalized spacial score (nSPS) is 24.7. The topological polar surface area (TPSA) is 57.1 Å². The van der Waals surface area contributed by atoms with Gasteiger partial charge in [0.05, 0.1) is 6.42 Å². The molecule has 0 spiro atoms. The molecule has 0 radical (unpaired) electrons. The third-order valence-corrected chi connectivity index (χ3v) is 3.95. The highest BCUT2D eigenvalue weighted by Gasteiger charge is 2.41. The lowest BCUT2D eigenvalue weighted by Crippen LogP contribution is -2.45. The summed E-state index contributed by atoms with van der Waals surface area (Å²) in [6.45, 7) is 1.85. The average molecular weight is 262 g/mol. The molecule has 1 unspecified atom stereocenters. The molecular formula is C14H22N4O. The van der Waals surface area contributed by atoms with E-state index in [9.17, 15) is 4.79 Å². The fraction of sp³-hybridized carbons (Fsp3) is 0.786. The quantitative estimate of drug-likeness (QED) is 0.738. The van der Waals surface area contributed by atoms with Crippen molar-refractivity contribution in [2.45, 2.75) is 50.2 Å². The first kappa shape index (κ1) is 14.0. The highest BCUT2D eigenvalue weighted by Crippen LogP contribution is 2.36. The van der Waals surface area contributed by atoms with Gasteiger partial charge in [0, 0.05) is 25.4 Å². The lowest BCUT2D eigenvalue weighted by Gasteiger charge is -2.32. The van der Waals surface area contributed by atoms with Crippen molar-refractivity contribution in [3.8, 4) is 12.3 Å². The van der Waals surface area contributed by atoms with Gasteiger partial charge in [0.2, 0.25) is 11.6 Å². The van der Waals surface area contributed by atoms with Crippen LogP contribution in [0.3, 0.4) is 0 Å². The molecule has 5 heteroatoms. The predicted molar refractivity (Wildman–Crippen MR) is 73.5 cm³/mol. The lowest BCUT2D eigenvalue weighted by molar-refractivity contribution is -0.122. The molecule has 2 heterocycles. The van der Waals surface area contributed by atoms with E-state index in [-0.39, 0.29) is 5.91 Å². The van der Waals surface area contributed by atoms with Crippen molar-refractivity contribution in [2.75, 3.05) is 20.1 Å². The highest BCUT2D eigenvalue weighted by molar-refractivity contribution is 5.77. The zero-order valence-corrected chi connectivity index (χ0v) is 11.6. The van der Waals surface area contributed by atoms with Gasteiger partial charge < -0.3 is 10.2 Å². The van der Waals surface area contributed by atoms with Gasteiger partial charge in [0.15, 0.2) is 0 Å². The molecule has 1 saturated heterocycles. The Morgan fingerprint density at radius 2 is 2.32 bits per heavy atom. The Bertz CT molecular complexity index is 393. The Labute approximate surface area is 114 Å². The number of hydrogen-bond donors (Lipinski definition) is 1. The van der Waals surface area contributed by atoms with E-state index in [4.69, 9.17) is 6.42 Å². The minimum atomic E-state index is -0.505. The summed E-state index contributed by atoms with van der Waals surface area (Å²) in [6.07, 6.45) is 10.5. The number of hydrogen-bond acceptors (Lipinski definition) is 4. The lowest BCUT2D eigenvalue weighted by atomic mass is 10.0. The largest absolute Gasteiger partial charge is 0.354 e. The van der Waals surface area contributed by atoms with Crippen LogP contribution in [0.25, 0.3) is 0 Å². The summed E-state index contributed by atoms with van der Waals surface area (Å²) in [7, 11) is 2.12. The minimum Gasteiger partial charge on any atom is -0.354 e. The number of amides is 1. The van der Waals surface area contributed by atoms with Crippen LogP contribution in [-0.2, 0) is 4.79 Å². The van der Waals surface area contributed by atoms with E-state index < -0.39 is 5.66 Å². The molecule has 2 aliphatic rings. The van der Waals surface area contributed by atoms with Gasteiger partial charge in [-0.05, 0) is 26.4 Å². The zero-order chi connectivity index (χ0) is 13.7. The average Bonchev–Trinajstić information content (AvgIpc) is 3.15. The summed E-state index contributed by atoms with van der Waals surface area (Å²) in [4.78, 5) is 14.2. The van der Waals surface area contributed by atoms with Crippen LogP contribution in [0.1, 0.15) is 38.5 Å². The molecule has 0 aromatic rings. The molecule has 2 rings (SSSR count). The van der Waals surface area contributed by atoms with Crippen molar-refractivity contribution in [1.29, 1.82) is 0 Å². The molecule has 1 amide bonds. The van der Waals surface area contributed by atoms with Gasteiger partial charge in [-0.2, -0.15) is 10.2 Å². The number of nitrogens with zero attached hydrogens (tertiary/aromatic N) is 3. The summed E-state index contributed by atoms with van der Waals surface area (Å²) in [5, 5.41) is 11.0. The number of carbonyl (C=O) groups is 1. The molecule has 0 bridgehead atoms. The number of likely N-dealkylation sites (N-methyl/N-ethyl adjacent to an activating group) is 1. The van der Waals surface area contributed by atoms with Crippen LogP contribution in [0, 0.1) is 12.3 Å². The molecule has 1 atom stereocenters. The predicted octanol–water partition coefficient (Wildman–Crippen LogP) is 1.55. The first-order valence-electron chi connectivity index (χ1n) is 7.00. The second kappa shape index (κ2) is 6.16. The molecule has 2 aliphatic heterocycles. The van der Waals surface area contributed by atoms with E-state index in [1.807, 2.05) is 0 Å². The summed E-state index contributed by atoms with van der Waals surface area (Å²) in [6, 6.07) is 0.465. The number of nitrogens with one attached hydrogen (secondary N) is 1. The number of piperidine rings is 1. The van der Waals surface area contributed by atoms with Crippen LogP contribution in [0.2, 0.25) is 0 Å². The van der Waals surface area contributed by atoms with E-state index >= 15 is 0 Å². The Morgan fingerprint density at radius 1 is 1.53 bits per heavy atom. The molecule has 0 saturated carbocycles. The smallest absolute Gasteiger partial charge is 0.224 e. The van der Waals surface area contributed by atoms with Crippen LogP contribution in [0.5, 0.6) is 0 Å². The van der Waals surface area contributed by atoms with Crippen LogP contribution >= 0.6 is 0 Å². The van der Waals surface area contributed by atoms with Crippen LogP contribution in [-0.4, -0.2) is 42.6 Å². The molecule has 1 N–H and O–H groups in total. The maximum atomic E-state index is 11.9. The number of terminal acetylenes is 1. The maximum Gasteiger partial charge on any atom is 0.224 e. The van der Waals surface area contributed by atoms with Crippen molar-refractivity contribution in [3.63, 3.8) is 0 Å². The van der Waals surface area contributed by atoms with Crippen LogP contribution in [0.15, 0.2) is 10.2 Å². The summed E-state index contributed by atoms with van der Waals surface area (Å²) >= 11 is 0. The van der Waals surface area contributed by atoms with Gasteiger partial charge in [0.1, 0.15) is 0 Å². The molecule has 0 aromatic carbocycles. The molecular weight excluding hydrogens is 240 g/mol. The third-order valence-electron chi connectivity index (χ3n) is 3.95. The molecule has 19 heavy (non-hydrogen) atoms. The highest BCUT2D eigenvalue weighted by atomic mass is 16.1. The van der Waals surface area contributed by atoms with Crippen LogP contribution < -0.4 is 5.32 Å². The van der Waals surface area contributed by atoms with Crippen molar-refractivity contribution >= 4 is 5.91 Å². The molecule has 0 aliphatic carbocycles. The number of rotatable bonds is 6. The Balaban J connectivity index is 1.68. The summed E-state index contributed by atoms with van der Waals surface area (Å²) in [5.41, 5.74) is -0.505. The maximum absolute atomic E-state index is 11.9. The van der Waals surface area contributed by atoms with Crippen LogP contribution in [0.4, 0.5) is 0 Å². The fourth-order valence-electron chi connectivity index (χ4n) is 2.56. The third kappa shape index (κ3) is 4.03. The minimum absolute atomic E-state index is 0.0287. The van der Waals surface area contributed by atoms with Gasteiger partial charge in [-0.1, -0.05) is 6.42 Å². The standard InChI is InChI=1S/C14H22N4O/c1-3-4-8-14(16-17-14)10-13(19)15-11-12-7-5-6-9-18(12)2/h1,12H,4-11H2,2H3,(H,15,19). The molecule has 5 nitrogen and oxygen atoms in total. The van der Waals surface area contributed by atoms with Gasteiger partial charge in [-0.3, -0.25) is 4.79 Å². The van der Waals surface area contributed by atoms with Gasteiger partial charge >= 0.3 is 0 Å².